The summed E-state index contributed by atoms with van der Waals surface area (Å²) in [5, 5.41) is 5.53. The number of hydrogen-bond donors (Lipinski definition) is 2. The Morgan fingerprint density at radius 3 is 2.65 bits per heavy atom. The van der Waals surface area contributed by atoms with E-state index in [1.807, 2.05) is 18.7 Å². The molecule has 23 heavy (non-hydrogen) atoms. The number of urea groups is 1. The lowest BCUT2D eigenvalue weighted by Crippen LogP contribution is -2.35. The molecule has 0 bridgehead atoms. The normalized spacial score (nSPS) is 16.1. The van der Waals surface area contributed by atoms with E-state index < -0.39 is 0 Å². The molecule has 0 unspecified atom stereocenters. The standard InChI is InChI=1S/C17H26N4O2/c1-13(2)18-17(23)19-15-7-4-6-14(12-15)16(22)21-9-5-8-20(3)10-11-21/h4,6-7,12-13H,5,8-11H2,1-3H3,(H2,18,19,23). The van der Waals surface area contributed by atoms with Crippen molar-refractivity contribution in [2.45, 2.75) is 26.3 Å². The van der Waals surface area contributed by atoms with Crippen LogP contribution in [0.3, 0.4) is 0 Å². The van der Waals surface area contributed by atoms with Crippen LogP contribution >= 0.6 is 0 Å². The number of hydrogen-bond acceptors (Lipinski definition) is 3. The van der Waals surface area contributed by atoms with Crippen molar-refractivity contribution in [1.29, 1.82) is 0 Å². The molecule has 2 N–H and O–H groups in total. The number of benzene rings is 1. The molecule has 1 saturated heterocycles. The van der Waals surface area contributed by atoms with E-state index in [9.17, 15) is 9.59 Å². The fraction of sp³-hybridized carbons (Fsp3) is 0.529. The van der Waals surface area contributed by atoms with E-state index in [1.54, 1.807) is 24.3 Å². The molecule has 0 aromatic heterocycles. The Morgan fingerprint density at radius 2 is 1.91 bits per heavy atom. The van der Waals surface area contributed by atoms with Gasteiger partial charge in [-0.25, -0.2) is 4.79 Å². The highest BCUT2D eigenvalue weighted by Crippen LogP contribution is 2.14. The van der Waals surface area contributed by atoms with Gasteiger partial charge in [-0.3, -0.25) is 4.79 Å². The number of rotatable bonds is 3. The highest BCUT2D eigenvalue weighted by atomic mass is 16.2. The number of nitrogens with one attached hydrogen (secondary N) is 2. The van der Waals surface area contributed by atoms with Crippen molar-refractivity contribution in [2.75, 3.05) is 38.5 Å². The summed E-state index contributed by atoms with van der Waals surface area (Å²) in [4.78, 5) is 28.5. The Balaban J connectivity index is 2.03. The van der Waals surface area contributed by atoms with E-state index in [0.29, 0.717) is 11.3 Å². The second-order valence-electron chi connectivity index (χ2n) is 6.28. The van der Waals surface area contributed by atoms with Gasteiger partial charge in [-0.15, -0.1) is 0 Å². The smallest absolute Gasteiger partial charge is 0.319 e. The molecule has 3 amide bonds. The van der Waals surface area contributed by atoms with Crippen LogP contribution in [0.5, 0.6) is 0 Å². The highest BCUT2D eigenvalue weighted by molar-refractivity contribution is 5.97. The molecule has 0 saturated carbocycles. The fourth-order valence-electron chi connectivity index (χ4n) is 2.59. The lowest BCUT2D eigenvalue weighted by molar-refractivity contribution is 0.0763. The minimum atomic E-state index is -0.263. The number of amides is 3. The van der Waals surface area contributed by atoms with Crippen LogP contribution in [0.15, 0.2) is 24.3 Å². The Hall–Kier alpha value is -2.08. The maximum absolute atomic E-state index is 12.7. The van der Waals surface area contributed by atoms with E-state index in [2.05, 4.69) is 22.6 Å². The first-order valence-electron chi connectivity index (χ1n) is 8.11. The fourth-order valence-corrected chi connectivity index (χ4v) is 2.59. The van der Waals surface area contributed by atoms with Crippen molar-refractivity contribution in [1.82, 2.24) is 15.1 Å². The van der Waals surface area contributed by atoms with Crippen molar-refractivity contribution in [3.8, 4) is 0 Å². The number of carbonyl (C=O) groups is 2. The van der Waals surface area contributed by atoms with Gasteiger partial charge >= 0.3 is 6.03 Å². The number of carbonyl (C=O) groups excluding carboxylic acids is 2. The largest absolute Gasteiger partial charge is 0.337 e. The van der Waals surface area contributed by atoms with E-state index in [1.165, 1.54) is 0 Å². The third-order valence-electron chi connectivity index (χ3n) is 3.79. The quantitative estimate of drug-likeness (QED) is 0.896. The molecule has 0 spiro atoms. The molecule has 1 heterocycles. The first-order valence-corrected chi connectivity index (χ1v) is 8.11. The Labute approximate surface area is 137 Å². The van der Waals surface area contributed by atoms with Crippen molar-refractivity contribution >= 4 is 17.6 Å². The molecule has 126 valence electrons. The average molecular weight is 318 g/mol. The molecular weight excluding hydrogens is 292 g/mol. The maximum Gasteiger partial charge on any atom is 0.319 e. The number of anilines is 1. The third-order valence-corrected chi connectivity index (χ3v) is 3.79. The molecule has 1 aromatic rings. The summed E-state index contributed by atoms with van der Waals surface area (Å²) in [7, 11) is 2.08. The van der Waals surface area contributed by atoms with Gasteiger partial charge in [0.25, 0.3) is 5.91 Å². The first kappa shape index (κ1) is 17.3. The summed E-state index contributed by atoms with van der Waals surface area (Å²) in [6.07, 6.45) is 0.983. The second kappa shape index (κ2) is 7.97. The average Bonchev–Trinajstić information content (AvgIpc) is 2.70. The van der Waals surface area contributed by atoms with E-state index in [0.717, 1.165) is 32.6 Å². The lowest BCUT2D eigenvalue weighted by atomic mass is 10.1. The summed E-state index contributed by atoms with van der Waals surface area (Å²) in [5.41, 5.74) is 1.23. The third kappa shape index (κ3) is 5.25. The van der Waals surface area contributed by atoms with Gasteiger partial charge in [-0.2, -0.15) is 0 Å². The van der Waals surface area contributed by atoms with Gasteiger partial charge in [-0.1, -0.05) is 6.07 Å². The second-order valence-corrected chi connectivity index (χ2v) is 6.28. The van der Waals surface area contributed by atoms with Crippen LogP contribution in [0, 0.1) is 0 Å². The topological polar surface area (TPSA) is 64.7 Å². The highest BCUT2D eigenvalue weighted by Gasteiger charge is 2.19. The summed E-state index contributed by atoms with van der Waals surface area (Å²) in [6, 6.07) is 6.91. The number of nitrogens with zero attached hydrogens (tertiary/aromatic N) is 2. The van der Waals surface area contributed by atoms with Crippen molar-refractivity contribution in [3.63, 3.8) is 0 Å². The molecule has 0 atom stereocenters. The van der Waals surface area contributed by atoms with Gasteiger partial charge < -0.3 is 20.4 Å². The van der Waals surface area contributed by atoms with Crippen LogP contribution in [0.4, 0.5) is 10.5 Å². The summed E-state index contributed by atoms with van der Waals surface area (Å²) >= 11 is 0. The molecular formula is C17H26N4O2. The van der Waals surface area contributed by atoms with Gasteiger partial charge in [0.2, 0.25) is 0 Å². The van der Waals surface area contributed by atoms with E-state index >= 15 is 0 Å². The molecule has 1 aromatic carbocycles. The lowest BCUT2D eigenvalue weighted by Gasteiger charge is -2.21. The summed E-state index contributed by atoms with van der Waals surface area (Å²) < 4.78 is 0. The molecule has 0 radical (unpaired) electrons. The van der Waals surface area contributed by atoms with Crippen molar-refractivity contribution in [2.24, 2.45) is 0 Å². The summed E-state index contributed by atoms with van der Waals surface area (Å²) in [6.45, 7) is 7.21. The Kier molecular flexibility index (Phi) is 5.98. The molecule has 2 rings (SSSR count). The minimum absolute atomic E-state index is 0.0215. The van der Waals surface area contributed by atoms with E-state index in [4.69, 9.17) is 0 Å². The predicted molar refractivity (Wildman–Crippen MR) is 91.7 cm³/mol. The molecule has 6 heteroatoms. The van der Waals surface area contributed by atoms with Crippen LogP contribution < -0.4 is 10.6 Å². The zero-order valence-electron chi connectivity index (χ0n) is 14.1. The first-order chi connectivity index (χ1) is 11.0. The van der Waals surface area contributed by atoms with Crippen molar-refractivity contribution < 1.29 is 9.59 Å². The molecule has 6 nitrogen and oxygen atoms in total. The minimum Gasteiger partial charge on any atom is -0.337 e. The van der Waals surface area contributed by atoms with Crippen LogP contribution in [-0.2, 0) is 0 Å². The predicted octanol–water partition coefficient (Wildman–Crippen LogP) is 1.99. The maximum atomic E-state index is 12.7. The van der Waals surface area contributed by atoms with Crippen LogP contribution in [0.1, 0.15) is 30.6 Å². The monoisotopic (exact) mass is 318 g/mol. The molecule has 1 aliphatic rings. The van der Waals surface area contributed by atoms with E-state index in [-0.39, 0.29) is 18.0 Å². The Bertz CT molecular complexity index is 559. The van der Waals surface area contributed by atoms with Gasteiger partial charge in [0.05, 0.1) is 0 Å². The summed E-state index contributed by atoms with van der Waals surface area (Å²) in [5.74, 6) is 0.0215. The SMILES string of the molecule is CC(C)NC(=O)Nc1cccc(C(=O)N2CCCN(C)CC2)c1. The van der Waals surface area contributed by atoms with Crippen LogP contribution in [0.25, 0.3) is 0 Å². The van der Waals surface area contributed by atoms with Crippen LogP contribution in [0.2, 0.25) is 0 Å². The van der Waals surface area contributed by atoms with Gasteiger partial charge in [0, 0.05) is 36.9 Å². The van der Waals surface area contributed by atoms with Gasteiger partial charge in [0.1, 0.15) is 0 Å². The van der Waals surface area contributed by atoms with Gasteiger partial charge in [-0.05, 0) is 52.1 Å². The Morgan fingerprint density at radius 1 is 1.13 bits per heavy atom. The molecule has 0 aliphatic carbocycles. The zero-order chi connectivity index (χ0) is 16.8. The van der Waals surface area contributed by atoms with Crippen LogP contribution in [-0.4, -0.2) is 61.0 Å². The number of likely N-dealkylation sites (N-methyl/N-ethyl adjacent to an activating group) is 1. The van der Waals surface area contributed by atoms with Crippen molar-refractivity contribution in [3.05, 3.63) is 29.8 Å². The van der Waals surface area contributed by atoms with Gasteiger partial charge in [0.15, 0.2) is 0 Å². The molecule has 1 fully saturated rings. The zero-order valence-corrected chi connectivity index (χ0v) is 14.1. The molecule has 1 aliphatic heterocycles.